The number of nitrogen functional groups attached to an aromatic ring is 1. The topological polar surface area (TPSA) is 176 Å². The number of carboxylic acid groups (broad SMARTS) is 1. The summed E-state index contributed by atoms with van der Waals surface area (Å²) in [6.07, 6.45) is 0. The van der Waals surface area contributed by atoms with Crippen molar-refractivity contribution in [3.05, 3.63) is 27.9 Å². The van der Waals surface area contributed by atoms with Crippen LogP contribution >= 0.6 is 46.2 Å². The van der Waals surface area contributed by atoms with Crippen LogP contribution in [0, 0.1) is 0 Å². The number of nitrogens with zero attached hydrogens (tertiary/aromatic N) is 5. The average molecular weight is 536 g/mol. The van der Waals surface area contributed by atoms with Gasteiger partial charge in [-0.1, -0.05) is 28.3 Å². The molecule has 2 amide bonds. The number of amides is 2. The van der Waals surface area contributed by atoms with Crippen molar-refractivity contribution in [1.29, 1.82) is 0 Å². The van der Waals surface area contributed by atoms with Crippen LogP contribution in [0.5, 0.6) is 0 Å². The molecule has 0 aliphatic carbocycles. The average Bonchev–Trinajstić information content (AvgIpc) is 3.45. The van der Waals surface area contributed by atoms with Crippen molar-refractivity contribution < 1.29 is 53.9 Å². The largest absolute Gasteiger partial charge is 1.00 e. The zero-order chi connectivity index (χ0) is 22.8. The third-order valence-electron chi connectivity index (χ3n) is 4.40. The fourth-order valence-electron chi connectivity index (χ4n) is 3.06. The molecule has 2 aliphatic heterocycles. The van der Waals surface area contributed by atoms with Crippen LogP contribution in [0.1, 0.15) is 5.69 Å². The maximum absolute atomic E-state index is 12.8. The van der Waals surface area contributed by atoms with Gasteiger partial charge in [-0.25, -0.2) is 4.98 Å². The number of aliphatic carboxylic acids is 1. The molecule has 1 fully saturated rings. The minimum Gasteiger partial charge on any atom is -0.543 e. The molecule has 0 spiro atoms. The first-order valence-corrected chi connectivity index (χ1v) is 12.6. The Labute approximate surface area is 225 Å². The summed E-state index contributed by atoms with van der Waals surface area (Å²) < 4.78 is 0.690. The van der Waals surface area contributed by atoms with Crippen LogP contribution < -0.4 is 45.7 Å². The molecule has 17 heteroatoms. The Kier molecular flexibility index (Phi) is 8.76. The molecule has 2 aliphatic rings. The Morgan fingerprint density at radius 1 is 1.45 bits per heavy atom. The number of carboxylic acids is 1. The fourth-order valence-corrected chi connectivity index (χ4v) is 6.58. The first-order valence-electron chi connectivity index (χ1n) is 8.81. The van der Waals surface area contributed by atoms with Crippen molar-refractivity contribution in [1.82, 2.24) is 25.4 Å². The van der Waals surface area contributed by atoms with Gasteiger partial charge >= 0.3 is 29.6 Å². The third-order valence-corrected chi connectivity index (χ3v) is 8.36. The molecule has 2 aromatic rings. The number of oxime groups is 1. The predicted molar refractivity (Wildman–Crippen MR) is 118 cm³/mol. The van der Waals surface area contributed by atoms with Gasteiger partial charge in [-0.2, -0.15) is 0 Å². The molecule has 0 aromatic carbocycles. The molecule has 2 atom stereocenters. The van der Waals surface area contributed by atoms with E-state index >= 15 is 0 Å². The summed E-state index contributed by atoms with van der Waals surface area (Å²) in [4.78, 5) is 47.2. The minimum atomic E-state index is -1.44. The fraction of sp³-hybridized carbons (Fsp3) is 0.312. The molecular formula is C16H14N7NaO5S4. The summed E-state index contributed by atoms with van der Waals surface area (Å²) in [6, 6.07) is -0.933. The maximum atomic E-state index is 12.8. The molecule has 1 unspecified atom stereocenters. The summed E-state index contributed by atoms with van der Waals surface area (Å²) in [6.45, 7) is 0. The number of fused-ring (bicyclic) bond motifs is 1. The van der Waals surface area contributed by atoms with Crippen molar-refractivity contribution in [2.75, 3.05) is 24.3 Å². The van der Waals surface area contributed by atoms with Crippen LogP contribution in [0.25, 0.3) is 0 Å². The van der Waals surface area contributed by atoms with Crippen molar-refractivity contribution in [2.45, 2.75) is 15.8 Å². The van der Waals surface area contributed by atoms with Gasteiger partial charge in [0.1, 0.15) is 29.7 Å². The van der Waals surface area contributed by atoms with Crippen LogP contribution in [-0.4, -0.2) is 73.6 Å². The van der Waals surface area contributed by atoms with E-state index in [1.165, 1.54) is 47.4 Å². The summed E-state index contributed by atoms with van der Waals surface area (Å²) in [5.41, 5.74) is 7.64. The first kappa shape index (κ1) is 25.9. The predicted octanol–water partition coefficient (Wildman–Crippen LogP) is -3.87. The normalized spacial score (nSPS) is 20.0. The van der Waals surface area contributed by atoms with E-state index in [1.54, 1.807) is 5.51 Å². The molecular weight excluding hydrogens is 521 g/mol. The number of anilines is 1. The maximum Gasteiger partial charge on any atom is 1.00 e. The van der Waals surface area contributed by atoms with E-state index in [0.29, 0.717) is 21.4 Å². The first-order chi connectivity index (χ1) is 15.4. The molecule has 4 heterocycles. The van der Waals surface area contributed by atoms with Crippen molar-refractivity contribution in [3.63, 3.8) is 0 Å². The van der Waals surface area contributed by atoms with Crippen LogP contribution in [-0.2, 0) is 19.2 Å². The van der Waals surface area contributed by atoms with E-state index in [1.807, 2.05) is 0 Å². The molecule has 2 aromatic heterocycles. The number of hydrogen-bond acceptors (Lipinski definition) is 14. The summed E-state index contributed by atoms with van der Waals surface area (Å²) in [7, 11) is 1.27. The quantitative estimate of drug-likeness (QED) is 0.111. The number of rotatable bonds is 8. The molecule has 4 rings (SSSR count). The SMILES string of the molecule is CO/N=C(/C(=O)NC1C(=O)N2C(C(=O)[O-])=C(CSc3nncs3)CS[C@H]12)c1csc(N)n1.[Na+]. The Morgan fingerprint density at radius 3 is 2.85 bits per heavy atom. The molecule has 0 radical (unpaired) electrons. The number of aromatic nitrogens is 3. The number of nitrogens with one attached hydrogen (secondary N) is 1. The van der Waals surface area contributed by atoms with Gasteiger partial charge in [0.05, 0.1) is 11.7 Å². The number of carbonyl (C=O) groups is 3. The van der Waals surface area contributed by atoms with E-state index in [0.717, 1.165) is 16.2 Å². The molecule has 12 nitrogen and oxygen atoms in total. The third kappa shape index (κ3) is 5.36. The smallest absolute Gasteiger partial charge is 0.543 e. The molecule has 168 valence electrons. The second kappa shape index (κ2) is 11.2. The summed E-state index contributed by atoms with van der Waals surface area (Å²) in [5, 5.41) is 27.0. The Morgan fingerprint density at radius 2 is 2.24 bits per heavy atom. The van der Waals surface area contributed by atoms with E-state index in [4.69, 9.17) is 10.6 Å². The molecule has 1 saturated heterocycles. The summed E-state index contributed by atoms with van der Waals surface area (Å²) in [5.74, 6) is -2.00. The van der Waals surface area contributed by atoms with Crippen LogP contribution in [0.4, 0.5) is 5.13 Å². The van der Waals surface area contributed by atoms with Gasteiger partial charge in [-0.3, -0.25) is 14.5 Å². The number of nitrogens with two attached hydrogens (primary N) is 1. The Hall–Kier alpha value is -1.69. The van der Waals surface area contributed by atoms with Gasteiger partial charge in [0.15, 0.2) is 15.2 Å². The molecule has 3 N–H and O–H groups in total. The standard InChI is InChI=1S/C16H15N7O5S4.Na/c1-28-22-8(7-4-30-15(17)19-7)11(24)20-9-12(25)23-10(14(26)27)6(2-29-13(9)23)3-31-16-21-18-5-32-16;/h4-5,9,13H,2-3H2,1H3,(H2,17,19)(H,20,24)(H,26,27);/q;+1/p-1/b22-8+;/t9?,13-;/m1./s1. The van der Waals surface area contributed by atoms with Crippen molar-refractivity contribution >= 4 is 74.8 Å². The number of thiazole rings is 1. The van der Waals surface area contributed by atoms with Crippen LogP contribution in [0.15, 0.2) is 31.7 Å². The van der Waals surface area contributed by atoms with E-state index < -0.39 is 29.2 Å². The summed E-state index contributed by atoms with van der Waals surface area (Å²) >= 11 is 5.14. The number of carbonyl (C=O) groups excluding carboxylic acids is 3. The molecule has 33 heavy (non-hydrogen) atoms. The van der Waals surface area contributed by atoms with E-state index in [2.05, 4.69) is 25.7 Å². The van der Waals surface area contributed by atoms with Gasteiger partial charge in [-0.05, 0) is 5.57 Å². The number of hydrogen-bond donors (Lipinski definition) is 2. The van der Waals surface area contributed by atoms with Gasteiger partial charge in [-0.15, -0.1) is 33.3 Å². The molecule has 0 bridgehead atoms. The van der Waals surface area contributed by atoms with Gasteiger partial charge < -0.3 is 25.8 Å². The van der Waals surface area contributed by atoms with Crippen LogP contribution in [0.2, 0.25) is 0 Å². The monoisotopic (exact) mass is 535 g/mol. The Balaban J connectivity index is 0.00000306. The van der Waals surface area contributed by atoms with Crippen molar-refractivity contribution in [3.8, 4) is 0 Å². The molecule has 0 saturated carbocycles. The van der Waals surface area contributed by atoms with E-state index in [9.17, 15) is 19.5 Å². The number of thioether (sulfide) groups is 2. The number of β-lactam (4-membered cyclic amide) rings is 1. The van der Waals surface area contributed by atoms with Gasteiger partial charge in [0, 0.05) is 16.9 Å². The Bertz CT molecular complexity index is 1120. The zero-order valence-corrected chi connectivity index (χ0v) is 22.5. The second-order valence-corrected chi connectivity index (χ2v) is 10.3. The van der Waals surface area contributed by atoms with E-state index in [-0.39, 0.29) is 51.8 Å². The second-order valence-electron chi connectivity index (χ2n) is 6.29. The minimum absolute atomic E-state index is 0. The van der Waals surface area contributed by atoms with Crippen molar-refractivity contribution in [2.24, 2.45) is 5.16 Å². The van der Waals surface area contributed by atoms with Gasteiger partial charge in [0.25, 0.3) is 11.8 Å². The van der Waals surface area contributed by atoms with Gasteiger partial charge in [0.2, 0.25) is 0 Å². The zero-order valence-electron chi connectivity index (χ0n) is 17.2. The van der Waals surface area contributed by atoms with Crippen LogP contribution in [0.3, 0.4) is 0 Å².